The SMILES string of the molecule is O=C(O)C(O)=CCc1ccn[nH]1. The molecule has 64 valence electrons. The number of aliphatic hydroxyl groups is 1. The van der Waals surface area contributed by atoms with Crippen molar-refractivity contribution in [2.45, 2.75) is 6.42 Å². The average molecular weight is 168 g/mol. The van der Waals surface area contributed by atoms with Gasteiger partial charge in [-0.1, -0.05) is 0 Å². The summed E-state index contributed by atoms with van der Waals surface area (Å²) in [6.45, 7) is 0. The fourth-order valence-corrected chi connectivity index (χ4v) is 0.692. The number of aromatic nitrogens is 2. The minimum Gasteiger partial charge on any atom is -0.502 e. The van der Waals surface area contributed by atoms with Crippen molar-refractivity contribution in [3.05, 3.63) is 29.8 Å². The number of carbonyl (C=O) groups is 1. The number of rotatable bonds is 3. The van der Waals surface area contributed by atoms with Crippen molar-refractivity contribution in [3.8, 4) is 0 Å². The van der Waals surface area contributed by atoms with Crippen molar-refractivity contribution in [1.29, 1.82) is 0 Å². The van der Waals surface area contributed by atoms with Crippen LogP contribution in [0.2, 0.25) is 0 Å². The van der Waals surface area contributed by atoms with E-state index in [0.717, 1.165) is 5.69 Å². The molecular formula is C7H8N2O3. The zero-order valence-electron chi connectivity index (χ0n) is 6.19. The maximum Gasteiger partial charge on any atom is 0.370 e. The van der Waals surface area contributed by atoms with Crippen molar-refractivity contribution in [1.82, 2.24) is 10.2 Å². The van der Waals surface area contributed by atoms with Crippen molar-refractivity contribution in [2.24, 2.45) is 0 Å². The Balaban J connectivity index is 2.55. The van der Waals surface area contributed by atoms with E-state index in [1.807, 2.05) is 0 Å². The van der Waals surface area contributed by atoms with Crippen molar-refractivity contribution in [2.75, 3.05) is 0 Å². The number of aliphatic carboxylic acids is 1. The normalized spacial score (nSPS) is 11.5. The first-order valence-corrected chi connectivity index (χ1v) is 3.31. The van der Waals surface area contributed by atoms with Gasteiger partial charge in [0.15, 0.2) is 5.76 Å². The van der Waals surface area contributed by atoms with Gasteiger partial charge < -0.3 is 10.2 Å². The molecule has 3 N–H and O–H groups in total. The molecule has 0 spiro atoms. The number of hydrogen-bond acceptors (Lipinski definition) is 3. The van der Waals surface area contributed by atoms with E-state index in [1.54, 1.807) is 12.3 Å². The summed E-state index contributed by atoms with van der Waals surface area (Å²) in [6, 6.07) is 1.70. The van der Waals surface area contributed by atoms with Crippen LogP contribution in [0.25, 0.3) is 0 Å². The second-order valence-corrected chi connectivity index (χ2v) is 2.18. The fraction of sp³-hybridized carbons (Fsp3) is 0.143. The molecule has 0 saturated heterocycles. The van der Waals surface area contributed by atoms with Gasteiger partial charge in [0, 0.05) is 18.3 Å². The highest BCUT2D eigenvalue weighted by molar-refractivity contribution is 5.83. The Labute approximate surface area is 68.3 Å². The summed E-state index contributed by atoms with van der Waals surface area (Å²) in [7, 11) is 0. The molecule has 0 radical (unpaired) electrons. The molecule has 0 unspecified atom stereocenters. The van der Waals surface area contributed by atoms with Gasteiger partial charge in [0.1, 0.15) is 0 Å². The zero-order chi connectivity index (χ0) is 8.97. The minimum atomic E-state index is -1.32. The van der Waals surface area contributed by atoms with Crippen LogP contribution in [0.3, 0.4) is 0 Å². The Hall–Kier alpha value is -1.78. The lowest BCUT2D eigenvalue weighted by Crippen LogP contribution is -1.99. The molecule has 5 heteroatoms. The van der Waals surface area contributed by atoms with E-state index in [4.69, 9.17) is 10.2 Å². The highest BCUT2D eigenvalue weighted by Crippen LogP contribution is 1.97. The van der Waals surface area contributed by atoms with Crippen LogP contribution >= 0.6 is 0 Å². The maximum absolute atomic E-state index is 10.1. The summed E-state index contributed by atoms with van der Waals surface area (Å²) in [6.07, 6.45) is 3.09. The topological polar surface area (TPSA) is 86.2 Å². The minimum absolute atomic E-state index is 0.331. The third-order valence-electron chi connectivity index (χ3n) is 1.29. The van der Waals surface area contributed by atoms with Gasteiger partial charge in [-0.3, -0.25) is 5.10 Å². The van der Waals surface area contributed by atoms with Crippen LogP contribution in [0.1, 0.15) is 5.69 Å². The Morgan fingerprint density at radius 3 is 2.92 bits per heavy atom. The summed E-state index contributed by atoms with van der Waals surface area (Å²) >= 11 is 0. The number of nitrogens with one attached hydrogen (secondary N) is 1. The first-order chi connectivity index (χ1) is 5.70. The number of H-pyrrole nitrogens is 1. The molecule has 0 bridgehead atoms. The summed E-state index contributed by atoms with van der Waals surface area (Å²) in [5.41, 5.74) is 0.753. The van der Waals surface area contributed by atoms with E-state index >= 15 is 0 Å². The number of allylic oxidation sites excluding steroid dienone is 1. The van der Waals surface area contributed by atoms with Crippen LogP contribution < -0.4 is 0 Å². The third-order valence-corrected chi connectivity index (χ3v) is 1.29. The van der Waals surface area contributed by atoms with Crippen molar-refractivity contribution >= 4 is 5.97 Å². The van der Waals surface area contributed by atoms with Gasteiger partial charge >= 0.3 is 5.97 Å². The van der Waals surface area contributed by atoms with E-state index in [-0.39, 0.29) is 0 Å². The van der Waals surface area contributed by atoms with Gasteiger partial charge in [0.2, 0.25) is 0 Å². The molecule has 12 heavy (non-hydrogen) atoms. The molecule has 1 rings (SSSR count). The summed E-state index contributed by atoms with van der Waals surface area (Å²) in [4.78, 5) is 10.1. The molecular weight excluding hydrogens is 160 g/mol. The van der Waals surface area contributed by atoms with Gasteiger partial charge in [-0.2, -0.15) is 5.10 Å². The van der Waals surface area contributed by atoms with E-state index in [1.165, 1.54) is 6.08 Å². The smallest absolute Gasteiger partial charge is 0.370 e. The quantitative estimate of drug-likeness (QED) is 0.452. The Bertz CT molecular complexity index is 290. The highest BCUT2D eigenvalue weighted by Gasteiger charge is 2.02. The molecule has 0 aliphatic rings. The van der Waals surface area contributed by atoms with Gasteiger partial charge in [-0.15, -0.1) is 0 Å². The maximum atomic E-state index is 10.1. The first-order valence-electron chi connectivity index (χ1n) is 3.31. The third kappa shape index (κ3) is 2.12. The standard InChI is InChI=1S/C7H8N2O3/c10-6(7(11)12)2-1-5-3-4-8-9-5/h2-4,10H,1H2,(H,8,9)(H,11,12). The fourth-order valence-electron chi connectivity index (χ4n) is 0.692. The molecule has 1 aromatic heterocycles. The van der Waals surface area contributed by atoms with Crippen LogP contribution in [-0.2, 0) is 11.2 Å². The number of carboxylic acids is 1. The number of carboxylic acid groups (broad SMARTS) is 1. The first kappa shape index (κ1) is 8.32. The second-order valence-electron chi connectivity index (χ2n) is 2.18. The molecule has 0 saturated carbocycles. The lowest BCUT2D eigenvalue weighted by Gasteiger charge is -1.90. The van der Waals surface area contributed by atoms with Gasteiger partial charge in [0.05, 0.1) is 0 Å². The Morgan fingerprint density at radius 1 is 1.67 bits per heavy atom. The lowest BCUT2D eigenvalue weighted by atomic mass is 10.3. The van der Waals surface area contributed by atoms with Gasteiger partial charge in [-0.25, -0.2) is 4.79 Å². The van der Waals surface area contributed by atoms with Gasteiger partial charge in [0.25, 0.3) is 0 Å². The average Bonchev–Trinajstić information content (AvgIpc) is 2.51. The van der Waals surface area contributed by atoms with Crippen molar-refractivity contribution < 1.29 is 15.0 Å². The molecule has 5 nitrogen and oxygen atoms in total. The van der Waals surface area contributed by atoms with Crippen LogP contribution in [0.4, 0.5) is 0 Å². The molecule has 0 atom stereocenters. The van der Waals surface area contributed by atoms with E-state index in [9.17, 15) is 4.79 Å². The number of nitrogens with zero attached hydrogens (tertiary/aromatic N) is 1. The highest BCUT2D eigenvalue weighted by atomic mass is 16.4. The van der Waals surface area contributed by atoms with E-state index in [2.05, 4.69) is 10.2 Å². The number of hydrogen-bond donors (Lipinski definition) is 3. The molecule has 0 aliphatic heterocycles. The Morgan fingerprint density at radius 2 is 2.42 bits per heavy atom. The largest absolute Gasteiger partial charge is 0.502 e. The van der Waals surface area contributed by atoms with Crippen LogP contribution in [0.5, 0.6) is 0 Å². The molecule has 0 aromatic carbocycles. The summed E-state index contributed by atoms with van der Waals surface area (Å²) in [5.74, 6) is -1.97. The summed E-state index contributed by atoms with van der Waals surface area (Å²) < 4.78 is 0. The lowest BCUT2D eigenvalue weighted by molar-refractivity contribution is -0.135. The Kier molecular flexibility index (Phi) is 2.47. The van der Waals surface area contributed by atoms with Crippen molar-refractivity contribution in [3.63, 3.8) is 0 Å². The number of aliphatic hydroxyl groups excluding tert-OH is 1. The molecule has 1 aromatic rings. The molecule has 0 amide bonds. The zero-order valence-corrected chi connectivity index (χ0v) is 6.19. The van der Waals surface area contributed by atoms with Crippen LogP contribution in [0.15, 0.2) is 24.1 Å². The number of aromatic amines is 1. The molecule has 1 heterocycles. The van der Waals surface area contributed by atoms with Crippen LogP contribution in [-0.4, -0.2) is 26.4 Å². The second kappa shape index (κ2) is 3.56. The van der Waals surface area contributed by atoms with E-state index in [0.29, 0.717) is 6.42 Å². The summed E-state index contributed by atoms with van der Waals surface area (Å²) in [5, 5.41) is 23.3. The van der Waals surface area contributed by atoms with Crippen LogP contribution in [0, 0.1) is 0 Å². The van der Waals surface area contributed by atoms with Gasteiger partial charge in [-0.05, 0) is 12.1 Å². The predicted molar refractivity (Wildman–Crippen MR) is 40.6 cm³/mol. The predicted octanol–water partition coefficient (Wildman–Crippen LogP) is 0.479. The van der Waals surface area contributed by atoms with E-state index < -0.39 is 11.7 Å². The molecule has 0 fully saturated rings. The molecule has 0 aliphatic carbocycles. The monoisotopic (exact) mass is 168 g/mol.